The molecule has 0 radical (unpaired) electrons. The number of hydrogen-bond donors (Lipinski definition) is 0. The minimum absolute atomic E-state index is 0.687. The lowest BCUT2D eigenvalue weighted by atomic mass is 9.91. The van der Waals surface area contributed by atoms with E-state index in [-0.39, 0.29) is 0 Å². The van der Waals surface area contributed by atoms with Gasteiger partial charge in [-0.1, -0.05) is 26.3 Å². The van der Waals surface area contributed by atoms with Crippen LogP contribution in [-0.2, 0) is 0 Å². The molecule has 0 bridgehead atoms. The van der Waals surface area contributed by atoms with E-state index in [2.05, 4.69) is 31.0 Å². The highest BCUT2D eigenvalue weighted by molar-refractivity contribution is 5.30. The van der Waals surface area contributed by atoms with Crippen molar-refractivity contribution >= 4 is 0 Å². The summed E-state index contributed by atoms with van der Waals surface area (Å²) in [6, 6.07) is 4.38. The molecule has 0 N–H and O–H groups in total. The van der Waals surface area contributed by atoms with Crippen LogP contribution in [0.25, 0.3) is 0 Å². The SMILES string of the molecule is CCCC(CC)c1ncccc1C1CC1. The predicted octanol–water partition coefficient (Wildman–Crippen LogP) is 4.25. The molecule has 1 heteroatoms. The van der Waals surface area contributed by atoms with Gasteiger partial charge in [-0.2, -0.15) is 0 Å². The van der Waals surface area contributed by atoms with Gasteiger partial charge in [0.15, 0.2) is 0 Å². The third-order valence-corrected chi connectivity index (χ3v) is 3.41. The van der Waals surface area contributed by atoms with Crippen LogP contribution in [-0.4, -0.2) is 4.98 Å². The van der Waals surface area contributed by atoms with E-state index in [0.717, 1.165) is 5.92 Å². The van der Waals surface area contributed by atoms with E-state index in [9.17, 15) is 0 Å². The summed E-state index contributed by atoms with van der Waals surface area (Å²) in [5, 5.41) is 0. The van der Waals surface area contributed by atoms with Gasteiger partial charge in [-0.15, -0.1) is 0 Å². The van der Waals surface area contributed by atoms with E-state index < -0.39 is 0 Å². The molecule has 0 aliphatic heterocycles. The second kappa shape index (κ2) is 4.78. The number of rotatable bonds is 5. The maximum Gasteiger partial charge on any atom is 0.0469 e. The molecule has 0 saturated heterocycles. The molecule has 1 aromatic rings. The third kappa shape index (κ3) is 2.39. The maximum atomic E-state index is 4.63. The number of hydrogen-bond acceptors (Lipinski definition) is 1. The van der Waals surface area contributed by atoms with Crippen LogP contribution in [0.3, 0.4) is 0 Å². The van der Waals surface area contributed by atoms with Crippen molar-refractivity contribution in [2.24, 2.45) is 0 Å². The Hall–Kier alpha value is -0.850. The Morgan fingerprint density at radius 3 is 2.80 bits per heavy atom. The van der Waals surface area contributed by atoms with Crippen molar-refractivity contribution < 1.29 is 0 Å². The average Bonchev–Trinajstić information content (AvgIpc) is 3.10. The number of pyridine rings is 1. The van der Waals surface area contributed by atoms with Gasteiger partial charge in [-0.05, 0) is 43.2 Å². The Labute approximate surface area is 92.9 Å². The molecule has 1 aliphatic rings. The van der Waals surface area contributed by atoms with Crippen molar-refractivity contribution in [3.63, 3.8) is 0 Å². The van der Waals surface area contributed by atoms with Crippen LogP contribution >= 0.6 is 0 Å². The molecule has 1 nitrogen and oxygen atoms in total. The molecule has 1 aromatic heterocycles. The van der Waals surface area contributed by atoms with E-state index in [1.807, 2.05) is 6.20 Å². The smallest absolute Gasteiger partial charge is 0.0469 e. The molecule has 0 spiro atoms. The predicted molar refractivity (Wildman–Crippen MR) is 64.2 cm³/mol. The maximum absolute atomic E-state index is 4.63. The van der Waals surface area contributed by atoms with E-state index in [4.69, 9.17) is 0 Å². The molecule has 82 valence electrons. The van der Waals surface area contributed by atoms with Gasteiger partial charge in [0.25, 0.3) is 0 Å². The summed E-state index contributed by atoms with van der Waals surface area (Å²) in [5.41, 5.74) is 2.93. The lowest BCUT2D eigenvalue weighted by Gasteiger charge is -2.16. The second-order valence-corrected chi connectivity index (χ2v) is 4.65. The summed E-state index contributed by atoms with van der Waals surface area (Å²) in [5.74, 6) is 1.52. The van der Waals surface area contributed by atoms with Gasteiger partial charge in [0.1, 0.15) is 0 Å². The van der Waals surface area contributed by atoms with E-state index in [1.165, 1.54) is 43.4 Å². The van der Waals surface area contributed by atoms with Gasteiger partial charge in [0, 0.05) is 17.8 Å². The fourth-order valence-corrected chi connectivity index (χ4v) is 2.39. The van der Waals surface area contributed by atoms with Gasteiger partial charge in [0.2, 0.25) is 0 Å². The first-order chi connectivity index (χ1) is 7.36. The topological polar surface area (TPSA) is 12.9 Å². The normalized spacial score (nSPS) is 17.7. The molecule has 1 fully saturated rings. The zero-order chi connectivity index (χ0) is 10.7. The number of nitrogens with zero attached hydrogens (tertiary/aromatic N) is 1. The van der Waals surface area contributed by atoms with Crippen LogP contribution in [0.2, 0.25) is 0 Å². The Balaban J connectivity index is 2.23. The first-order valence-electron chi connectivity index (χ1n) is 6.31. The van der Waals surface area contributed by atoms with Crippen molar-refractivity contribution in [3.05, 3.63) is 29.6 Å². The monoisotopic (exact) mass is 203 g/mol. The molecule has 1 atom stereocenters. The lowest BCUT2D eigenvalue weighted by Crippen LogP contribution is -2.04. The van der Waals surface area contributed by atoms with Gasteiger partial charge >= 0.3 is 0 Å². The zero-order valence-corrected chi connectivity index (χ0v) is 9.87. The highest BCUT2D eigenvalue weighted by Gasteiger charge is 2.28. The second-order valence-electron chi connectivity index (χ2n) is 4.65. The Bertz CT molecular complexity index is 315. The summed E-state index contributed by atoms with van der Waals surface area (Å²) < 4.78 is 0. The average molecular weight is 203 g/mol. The highest BCUT2D eigenvalue weighted by atomic mass is 14.7. The first-order valence-corrected chi connectivity index (χ1v) is 6.31. The highest BCUT2D eigenvalue weighted by Crippen LogP contribution is 2.43. The molecule has 15 heavy (non-hydrogen) atoms. The van der Waals surface area contributed by atoms with Crippen LogP contribution in [0.5, 0.6) is 0 Å². The van der Waals surface area contributed by atoms with Crippen molar-refractivity contribution in [1.29, 1.82) is 0 Å². The largest absolute Gasteiger partial charge is 0.261 e. The fraction of sp³-hybridized carbons (Fsp3) is 0.643. The molecule has 1 unspecified atom stereocenters. The van der Waals surface area contributed by atoms with Crippen LogP contribution < -0.4 is 0 Å². The molecule has 1 heterocycles. The van der Waals surface area contributed by atoms with E-state index >= 15 is 0 Å². The molecule has 1 aliphatic carbocycles. The van der Waals surface area contributed by atoms with Crippen LogP contribution in [0.4, 0.5) is 0 Å². The Kier molecular flexibility index (Phi) is 3.40. The summed E-state index contributed by atoms with van der Waals surface area (Å²) in [6.45, 7) is 4.55. The Morgan fingerprint density at radius 1 is 1.40 bits per heavy atom. The Morgan fingerprint density at radius 2 is 2.20 bits per heavy atom. The van der Waals surface area contributed by atoms with Crippen molar-refractivity contribution in [1.82, 2.24) is 4.98 Å². The fourth-order valence-electron chi connectivity index (χ4n) is 2.39. The first kappa shape index (κ1) is 10.7. The van der Waals surface area contributed by atoms with E-state index in [1.54, 1.807) is 0 Å². The summed E-state index contributed by atoms with van der Waals surface area (Å²) in [4.78, 5) is 4.63. The summed E-state index contributed by atoms with van der Waals surface area (Å²) in [6.07, 6.45) is 8.49. The van der Waals surface area contributed by atoms with Crippen molar-refractivity contribution in [3.8, 4) is 0 Å². The quantitative estimate of drug-likeness (QED) is 0.697. The lowest BCUT2D eigenvalue weighted by molar-refractivity contribution is 0.575. The van der Waals surface area contributed by atoms with Crippen LogP contribution in [0.1, 0.15) is 69.0 Å². The zero-order valence-electron chi connectivity index (χ0n) is 9.87. The number of aromatic nitrogens is 1. The standard InChI is InChI=1S/C14H21N/c1-3-6-11(4-2)14-13(12-8-9-12)7-5-10-15-14/h5,7,10-12H,3-4,6,8-9H2,1-2H3. The third-order valence-electron chi connectivity index (χ3n) is 3.41. The van der Waals surface area contributed by atoms with E-state index in [0.29, 0.717) is 5.92 Å². The molecule has 0 amide bonds. The summed E-state index contributed by atoms with van der Waals surface area (Å²) in [7, 11) is 0. The van der Waals surface area contributed by atoms with Crippen LogP contribution in [0, 0.1) is 0 Å². The molecule has 2 rings (SSSR count). The van der Waals surface area contributed by atoms with Crippen molar-refractivity contribution in [2.45, 2.75) is 57.8 Å². The van der Waals surface area contributed by atoms with Gasteiger partial charge < -0.3 is 0 Å². The minimum Gasteiger partial charge on any atom is -0.261 e. The molecular weight excluding hydrogens is 182 g/mol. The van der Waals surface area contributed by atoms with Crippen molar-refractivity contribution in [2.75, 3.05) is 0 Å². The van der Waals surface area contributed by atoms with Gasteiger partial charge in [0.05, 0.1) is 0 Å². The van der Waals surface area contributed by atoms with Crippen LogP contribution in [0.15, 0.2) is 18.3 Å². The van der Waals surface area contributed by atoms with Gasteiger partial charge in [-0.25, -0.2) is 0 Å². The van der Waals surface area contributed by atoms with Gasteiger partial charge in [-0.3, -0.25) is 4.98 Å². The molecule has 0 aromatic carbocycles. The molecular formula is C14H21N. The molecule has 1 saturated carbocycles. The summed E-state index contributed by atoms with van der Waals surface area (Å²) >= 11 is 0. The minimum atomic E-state index is 0.687.